The van der Waals surface area contributed by atoms with Crippen LogP contribution in [0.1, 0.15) is 76.0 Å². The van der Waals surface area contributed by atoms with Crippen LogP contribution in [0.5, 0.6) is 11.5 Å². The van der Waals surface area contributed by atoms with Crippen molar-refractivity contribution in [2.75, 3.05) is 79.7 Å². The first-order valence-corrected chi connectivity index (χ1v) is 28.1. The average Bonchev–Trinajstić information content (AvgIpc) is 4.17. The molecule has 424 valence electrons. The smallest absolute Gasteiger partial charge is 0.258 e. The van der Waals surface area contributed by atoms with E-state index in [0.717, 1.165) is 27.3 Å². The van der Waals surface area contributed by atoms with Gasteiger partial charge in [0.2, 0.25) is 32.6 Å². The van der Waals surface area contributed by atoms with Crippen LogP contribution in [0, 0.1) is 26.2 Å². The van der Waals surface area contributed by atoms with Gasteiger partial charge in [-0.15, -0.1) is 16.4 Å². The summed E-state index contributed by atoms with van der Waals surface area (Å²) in [6.45, 7) is 18.5. The van der Waals surface area contributed by atoms with Crippen molar-refractivity contribution in [2.45, 2.75) is 109 Å². The zero-order chi connectivity index (χ0) is 56.8. The van der Waals surface area contributed by atoms with E-state index in [2.05, 4.69) is 52.0 Å². The highest BCUT2D eigenvalue weighted by atomic mass is 32.2. The van der Waals surface area contributed by atoms with E-state index < -0.39 is 45.3 Å². The molecule has 0 spiro atoms. The number of hydrogen-bond donors (Lipinski definition) is 4. The zero-order valence-corrected chi connectivity index (χ0v) is 47.8. The Labute approximate surface area is 460 Å². The Morgan fingerprint density at radius 1 is 0.808 bits per heavy atom. The molecule has 0 radical (unpaired) electrons. The lowest BCUT2D eigenvalue weighted by molar-refractivity contribution is -0.144. The number of carbonyl (C=O) groups is 4. The lowest BCUT2D eigenvalue weighted by atomic mass is 9.85. The van der Waals surface area contributed by atoms with E-state index >= 15 is 0 Å². The van der Waals surface area contributed by atoms with Gasteiger partial charge >= 0.3 is 0 Å². The molecule has 5 aromatic rings. The normalized spacial score (nSPS) is 15.2. The zero-order valence-electron chi connectivity index (χ0n) is 46.2. The number of thiazole rings is 1. The van der Waals surface area contributed by atoms with E-state index in [1.807, 2.05) is 52.0 Å². The summed E-state index contributed by atoms with van der Waals surface area (Å²) in [7, 11) is -2.51. The first-order valence-electron chi connectivity index (χ1n) is 25.7. The van der Waals surface area contributed by atoms with E-state index in [1.165, 1.54) is 16.7 Å². The van der Waals surface area contributed by atoms with E-state index in [-0.39, 0.29) is 106 Å². The third-order valence-corrected chi connectivity index (χ3v) is 15.6. The number of aryl methyl sites for hydroxylation is 2. The van der Waals surface area contributed by atoms with Crippen LogP contribution in [0.4, 0.5) is 0 Å². The predicted octanol–water partition coefficient (Wildman–Crippen LogP) is 4.83. The van der Waals surface area contributed by atoms with Gasteiger partial charge in [-0.2, -0.15) is 0 Å². The minimum absolute atomic E-state index is 0.0361. The maximum Gasteiger partial charge on any atom is 0.258 e. The van der Waals surface area contributed by atoms with Gasteiger partial charge in [0.1, 0.15) is 35.9 Å². The minimum Gasteiger partial charge on any atom is -0.494 e. The van der Waals surface area contributed by atoms with Crippen molar-refractivity contribution < 1.29 is 61.1 Å². The first-order chi connectivity index (χ1) is 37.0. The number of hydrogen-bond acceptors (Lipinski definition) is 17. The van der Waals surface area contributed by atoms with Gasteiger partial charge in [-0.1, -0.05) is 83.2 Å². The van der Waals surface area contributed by atoms with Crippen LogP contribution in [0.2, 0.25) is 0 Å². The van der Waals surface area contributed by atoms with Crippen LogP contribution in [0.25, 0.3) is 16.1 Å². The molecule has 3 atom stereocenters. The van der Waals surface area contributed by atoms with E-state index in [1.54, 1.807) is 67.1 Å². The van der Waals surface area contributed by atoms with Crippen LogP contribution in [0.3, 0.4) is 0 Å². The lowest BCUT2D eigenvalue weighted by Gasteiger charge is -2.35. The summed E-state index contributed by atoms with van der Waals surface area (Å²) in [5.41, 5.74) is 6.21. The molecule has 1 fully saturated rings. The highest BCUT2D eigenvalue weighted by Crippen LogP contribution is 2.34. The quantitative estimate of drug-likeness (QED) is 0.0514. The number of β-amino-alcohol motifs (C(OH)–C–C–N with tert-alkyl or cyclic N) is 1. The van der Waals surface area contributed by atoms with Gasteiger partial charge in [0.25, 0.3) is 5.91 Å². The van der Waals surface area contributed by atoms with E-state index in [0.29, 0.717) is 35.1 Å². The summed E-state index contributed by atoms with van der Waals surface area (Å²) in [6, 6.07) is 16.0. The number of sulfone groups is 1. The third-order valence-electron chi connectivity index (χ3n) is 12.8. The van der Waals surface area contributed by atoms with Gasteiger partial charge in [-0.3, -0.25) is 19.2 Å². The standard InChI is InChI=1S/C55H74N8O13S2/c1-35-27-43(63-37(3)52(60-61-63)78(69,70)42-17-15-40(16-18-42)54(4,5)6)46(71-10)29-45(35)76-33-47(65)56-19-20-72-21-22-73-23-24-74-25-26-75-32-48(66)59-50(55(7,8)9)53(68)62-31-41(64)28-44(62)51(67)57-30-38-11-13-39(14-12-38)49-36(2)58-34-77-49/h11-18,27,29,34,41,44,50,64H,19-26,28,30-33H2,1-10H3,(H,56,65)(H,57,67)(H,59,66)/t41-,44+,50-/m1/s1. The Hall–Kier alpha value is -6.34. The summed E-state index contributed by atoms with van der Waals surface area (Å²) >= 11 is 1.56. The number of rotatable bonds is 27. The number of aromatic nitrogens is 4. The van der Waals surface area contributed by atoms with Crippen LogP contribution in [-0.4, -0.2) is 160 Å². The molecule has 1 aliphatic heterocycles. The minimum atomic E-state index is -3.97. The monoisotopic (exact) mass is 1120 g/mol. The van der Waals surface area contributed by atoms with E-state index in [9.17, 15) is 32.7 Å². The maximum absolute atomic E-state index is 13.9. The van der Waals surface area contributed by atoms with Crippen molar-refractivity contribution >= 4 is 44.8 Å². The Balaban J connectivity index is 0.813. The SMILES string of the molecule is COc1cc(OCC(=O)NCCOCCOCCOCCOCC(=O)N[C@H](C(=O)N2C[C@H](O)C[C@H]2C(=O)NCc2ccc(-c3scnc3C)cc2)C(C)(C)C)c(C)cc1-n1nnc(S(=O)(=O)c2ccc(C(C)(C)C)cc2)c1C. The summed E-state index contributed by atoms with van der Waals surface area (Å²) in [5, 5.41) is 27.0. The molecule has 1 aliphatic rings. The molecule has 0 bridgehead atoms. The number of methoxy groups -OCH3 is 1. The van der Waals surface area contributed by atoms with Crippen LogP contribution in [0.15, 0.2) is 76.1 Å². The number of amides is 4. The van der Waals surface area contributed by atoms with Crippen LogP contribution >= 0.6 is 11.3 Å². The Morgan fingerprint density at radius 3 is 2.05 bits per heavy atom. The largest absolute Gasteiger partial charge is 0.494 e. The first kappa shape index (κ1) is 60.9. The highest BCUT2D eigenvalue weighted by Gasteiger charge is 2.44. The fraction of sp³-hybridized carbons (Fsp3) is 0.509. The third kappa shape index (κ3) is 16.4. The van der Waals surface area contributed by atoms with Gasteiger partial charge in [0, 0.05) is 32.1 Å². The van der Waals surface area contributed by atoms with Gasteiger partial charge in [0.05, 0.1) is 86.1 Å². The fourth-order valence-corrected chi connectivity index (χ4v) is 10.6. The predicted molar refractivity (Wildman–Crippen MR) is 291 cm³/mol. The van der Waals surface area contributed by atoms with Crippen molar-refractivity contribution in [3.05, 3.63) is 94.3 Å². The molecule has 0 saturated carbocycles. The summed E-state index contributed by atoms with van der Waals surface area (Å²) < 4.78 is 62.2. The van der Waals surface area contributed by atoms with Crippen molar-refractivity contribution in [1.29, 1.82) is 0 Å². The van der Waals surface area contributed by atoms with Crippen LogP contribution in [-0.2, 0) is 59.9 Å². The fourth-order valence-electron chi connectivity index (χ4n) is 8.44. The Kier molecular flexibility index (Phi) is 21.5. The number of ether oxygens (including phenoxy) is 6. The van der Waals surface area contributed by atoms with Gasteiger partial charge < -0.3 is 54.4 Å². The number of aliphatic hydroxyl groups is 1. The molecule has 23 heteroatoms. The number of nitrogens with zero attached hydrogens (tertiary/aromatic N) is 5. The summed E-state index contributed by atoms with van der Waals surface area (Å²) in [4.78, 5) is 59.8. The molecule has 3 heterocycles. The number of carbonyl (C=O) groups excluding carboxylic acids is 4. The number of aliphatic hydroxyl groups excluding tert-OH is 1. The maximum atomic E-state index is 13.9. The average molecular weight is 1120 g/mol. The molecule has 3 aromatic carbocycles. The summed E-state index contributed by atoms with van der Waals surface area (Å²) in [6.07, 6.45) is -0.812. The van der Waals surface area contributed by atoms with Crippen LogP contribution < -0.4 is 25.4 Å². The van der Waals surface area contributed by atoms with Crippen molar-refractivity contribution in [3.8, 4) is 27.6 Å². The molecule has 78 heavy (non-hydrogen) atoms. The molecule has 21 nitrogen and oxygen atoms in total. The molecule has 4 N–H and O–H groups in total. The second kappa shape index (κ2) is 27.5. The topological polar surface area (TPSA) is 261 Å². The Morgan fingerprint density at radius 2 is 1.45 bits per heavy atom. The molecule has 0 aliphatic carbocycles. The van der Waals surface area contributed by atoms with Gasteiger partial charge in [-0.05, 0) is 72.1 Å². The molecule has 2 aromatic heterocycles. The van der Waals surface area contributed by atoms with Gasteiger partial charge in [0.15, 0.2) is 6.61 Å². The molecular formula is C55H74N8O13S2. The number of benzene rings is 3. The number of likely N-dealkylation sites (tertiary alicyclic amines) is 1. The second-order valence-electron chi connectivity index (χ2n) is 20.9. The van der Waals surface area contributed by atoms with Crippen molar-refractivity contribution in [1.82, 2.24) is 40.8 Å². The lowest BCUT2D eigenvalue weighted by Crippen LogP contribution is -2.58. The Bertz CT molecular complexity index is 2930. The van der Waals surface area contributed by atoms with Crippen molar-refractivity contribution in [2.24, 2.45) is 5.41 Å². The van der Waals surface area contributed by atoms with Gasteiger partial charge in [-0.25, -0.2) is 18.1 Å². The van der Waals surface area contributed by atoms with E-state index in [4.69, 9.17) is 28.4 Å². The molecular weight excluding hydrogens is 1040 g/mol. The molecule has 1 saturated heterocycles. The second-order valence-corrected chi connectivity index (χ2v) is 23.7. The molecule has 4 amide bonds. The number of nitrogens with one attached hydrogen (secondary N) is 3. The summed E-state index contributed by atoms with van der Waals surface area (Å²) in [5.74, 6) is -1.02. The molecule has 0 unspecified atom stereocenters. The molecule has 6 rings (SSSR count). The van der Waals surface area contributed by atoms with Crippen molar-refractivity contribution in [3.63, 3.8) is 0 Å². The highest BCUT2D eigenvalue weighted by molar-refractivity contribution is 7.91.